The molecule has 1 aliphatic heterocycles. The summed E-state index contributed by atoms with van der Waals surface area (Å²) >= 11 is 0. The van der Waals surface area contributed by atoms with Crippen LogP contribution in [0.15, 0.2) is 18.2 Å². The Labute approximate surface area is 130 Å². The van der Waals surface area contributed by atoms with E-state index < -0.39 is 0 Å². The quantitative estimate of drug-likeness (QED) is 0.632. The average molecular weight is 306 g/mol. The normalized spacial score (nSPS) is 25.5. The van der Waals surface area contributed by atoms with Gasteiger partial charge in [-0.3, -0.25) is 15.0 Å². The van der Waals surface area contributed by atoms with Crippen molar-refractivity contribution in [3.8, 4) is 5.75 Å². The molecule has 2 atom stereocenters. The molecule has 120 valence electrons. The zero-order chi connectivity index (χ0) is 15.5. The highest BCUT2D eigenvalue weighted by Gasteiger charge is 2.34. The highest BCUT2D eigenvalue weighted by molar-refractivity contribution is 5.48. The summed E-state index contributed by atoms with van der Waals surface area (Å²) in [4.78, 5) is 13.2. The predicted molar refractivity (Wildman–Crippen MR) is 82.1 cm³/mol. The second-order valence-corrected chi connectivity index (χ2v) is 5.99. The zero-order valence-electron chi connectivity index (χ0n) is 12.9. The summed E-state index contributed by atoms with van der Waals surface area (Å²) in [5.41, 5.74) is 0.993. The molecule has 0 radical (unpaired) electrons. The fraction of sp³-hybridized carbons (Fsp3) is 0.625. The van der Waals surface area contributed by atoms with E-state index in [0.29, 0.717) is 17.9 Å². The van der Waals surface area contributed by atoms with E-state index in [1.54, 1.807) is 12.1 Å². The van der Waals surface area contributed by atoms with Crippen LogP contribution in [0.5, 0.6) is 5.75 Å². The average Bonchev–Trinajstić information content (AvgIpc) is 2.55. The largest absolute Gasteiger partial charge is 0.490 e. The molecule has 1 aromatic carbocycles. The van der Waals surface area contributed by atoms with Crippen molar-refractivity contribution in [3.05, 3.63) is 33.9 Å². The Hall–Kier alpha value is -1.66. The molecule has 2 unspecified atom stereocenters. The van der Waals surface area contributed by atoms with Gasteiger partial charge in [-0.1, -0.05) is 18.9 Å². The molecule has 0 spiro atoms. The first kappa shape index (κ1) is 15.2. The van der Waals surface area contributed by atoms with Crippen LogP contribution in [-0.4, -0.2) is 42.2 Å². The number of hydrogen-bond acceptors (Lipinski definition) is 5. The molecule has 1 aliphatic carbocycles. The van der Waals surface area contributed by atoms with Gasteiger partial charge in [0.05, 0.1) is 24.7 Å². The Balaban J connectivity index is 1.77. The third-order valence-electron chi connectivity index (χ3n) is 4.67. The molecule has 2 aliphatic rings. The molecule has 1 saturated heterocycles. The Bertz CT molecular complexity index is 547. The van der Waals surface area contributed by atoms with E-state index in [-0.39, 0.29) is 10.6 Å². The molecule has 2 fully saturated rings. The SMILES string of the molecule is COc1ccc(CN2CCOC3CCCCC32)cc1[N+](=O)[O-]. The monoisotopic (exact) mass is 306 g/mol. The summed E-state index contributed by atoms with van der Waals surface area (Å²) in [6.07, 6.45) is 5.09. The summed E-state index contributed by atoms with van der Waals surface area (Å²) in [5.74, 6) is 0.311. The Morgan fingerprint density at radius 3 is 3.00 bits per heavy atom. The highest BCUT2D eigenvalue weighted by Crippen LogP contribution is 2.31. The van der Waals surface area contributed by atoms with Crippen molar-refractivity contribution in [2.45, 2.75) is 44.4 Å². The number of benzene rings is 1. The van der Waals surface area contributed by atoms with Gasteiger partial charge in [0.25, 0.3) is 0 Å². The molecule has 3 rings (SSSR count). The van der Waals surface area contributed by atoms with Gasteiger partial charge in [0.1, 0.15) is 0 Å². The molecular formula is C16H22N2O4. The molecule has 22 heavy (non-hydrogen) atoms. The Kier molecular flexibility index (Phi) is 4.59. The summed E-state index contributed by atoms with van der Waals surface area (Å²) in [7, 11) is 1.45. The lowest BCUT2D eigenvalue weighted by Crippen LogP contribution is -2.52. The number of nitro benzene ring substituents is 1. The third-order valence-corrected chi connectivity index (χ3v) is 4.67. The van der Waals surface area contributed by atoms with E-state index >= 15 is 0 Å². The molecular weight excluding hydrogens is 284 g/mol. The molecule has 0 aromatic heterocycles. The molecule has 0 amide bonds. The van der Waals surface area contributed by atoms with Gasteiger partial charge in [0, 0.05) is 25.2 Å². The van der Waals surface area contributed by atoms with Crippen LogP contribution in [0, 0.1) is 10.1 Å². The van der Waals surface area contributed by atoms with Crippen LogP contribution in [0.4, 0.5) is 5.69 Å². The lowest BCUT2D eigenvalue weighted by atomic mass is 9.90. The van der Waals surface area contributed by atoms with Gasteiger partial charge < -0.3 is 9.47 Å². The molecule has 6 heteroatoms. The number of nitro groups is 1. The minimum atomic E-state index is -0.384. The maximum absolute atomic E-state index is 11.1. The summed E-state index contributed by atoms with van der Waals surface area (Å²) in [6.45, 7) is 2.37. The number of methoxy groups -OCH3 is 1. The summed E-state index contributed by atoms with van der Waals surface area (Å²) in [5, 5.41) is 11.1. The van der Waals surface area contributed by atoms with Gasteiger partial charge >= 0.3 is 5.69 Å². The number of morpholine rings is 1. The van der Waals surface area contributed by atoms with Crippen molar-refractivity contribution in [2.24, 2.45) is 0 Å². The minimum Gasteiger partial charge on any atom is -0.490 e. The Morgan fingerprint density at radius 1 is 1.41 bits per heavy atom. The Morgan fingerprint density at radius 2 is 2.23 bits per heavy atom. The van der Waals surface area contributed by atoms with Crippen LogP contribution in [0.25, 0.3) is 0 Å². The van der Waals surface area contributed by atoms with Crippen LogP contribution < -0.4 is 4.74 Å². The van der Waals surface area contributed by atoms with Crippen molar-refractivity contribution in [1.29, 1.82) is 0 Å². The number of ether oxygens (including phenoxy) is 2. The van der Waals surface area contributed by atoms with Crippen LogP contribution in [0.3, 0.4) is 0 Å². The van der Waals surface area contributed by atoms with Crippen molar-refractivity contribution in [3.63, 3.8) is 0 Å². The lowest BCUT2D eigenvalue weighted by Gasteiger charge is -2.43. The fourth-order valence-electron chi connectivity index (χ4n) is 3.58. The highest BCUT2D eigenvalue weighted by atomic mass is 16.6. The van der Waals surface area contributed by atoms with E-state index in [1.165, 1.54) is 20.0 Å². The molecule has 0 N–H and O–H groups in total. The lowest BCUT2D eigenvalue weighted by molar-refractivity contribution is -0.385. The standard InChI is InChI=1S/C16H22N2O4/c1-21-15-7-6-12(10-14(15)18(19)20)11-17-8-9-22-16-5-3-2-4-13(16)17/h6-7,10,13,16H,2-5,8-9,11H2,1H3. The third kappa shape index (κ3) is 3.08. The van der Waals surface area contributed by atoms with Crippen LogP contribution in [0.2, 0.25) is 0 Å². The van der Waals surface area contributed by atoms with Gasteiger partial charge in [0.15, 0.2) is 5.75 Å². The fourth-order valence-corrected chi connectivity index (χ4v) is 3.58. The maximum Gasteiger partial charge on any atom is 0.311 e. The minimum absolute atomic E-state index is 0.0356. The van der Waals surface area contributed by atoms with E-state index in [4.69, 9.17) is 9.47 Å². The van der Waals surface area contributed by atoms with Gasteiger partial charge in [-0.25, -0.2) is 0 Å². The van der Waals surface area contributed by atoms with Crippen LogP contribution in [0.1, 0.15) is 31.2 Å². The van der Waals surface area contributed by atoms with Gasteiger partial charge in [-0.15, -0.1) is 0 Å². The smallest absolute Gasteiger partial charge is 0.311 e. The number of rotatable bonds is 4. The summed E-state index contributed by atoms with van der Waals surface area (Å²) in [6, 6.07) is 5.68. The predicted octanol–water partition coefficient (Wildman–Crippen LogP) is 2.75. The van der Waals surface area contributed by atoms with Crippen molar-refractivity contribution in [1.82, 2.24) is 4.90 Å². The zero-order valence-corrected chi connectivity index (χ0v) is 12.9. The number of hydrogen-bond donors (Lipinski definition) is 0. The maximum atomic E-state index is 11.1. The molecule has 1 aromatic rings. The first-order valence-corrected chi connectivity index (χ1v) is 7.86. The number of nitrogens with zero attached hydrogens (tertiary/aromatic N) is 2. The van der Waals surface area contributed by atoms with Gasteiger partial charge in [0.2, 0.25) is 0 Å². The second-order valence-electron chi connectivity index (χ2n) is 5.99. The van der Waals surface area contributed by atoms with Crippen molar-refractivity contribution in [2.75, 3.05) is 20.3 Å². The van der Waals surface area contributed by atoms with Crippen molar-refractivity contribution < 1.29 is 14.4 Å². The van der Waals surface area contributed by atoms with E-state index in [9.17, 15) is 10.1 Å². The topological polar surface area (TPSA) is 64.8 Å². The number of fused-ring (bicyclic) bond motifs is 1. The molecule has 1 heterocycles. The van der Waals surface area contributed by atoms with Crippen LogP contribution >= 0.6 is 0 Å². The van der Waals surface area contributed by atoms with E-state index in [1.807, 2.05) is 6.07 Å². The van der Waals surface area contributed by atoms with E-state index in [0.717, 1.165) is 38.1 Å². The molecule has 1 saturated carbocycles. The van der Waals surface area contributed by atoms with E-state index in [2.05, 4.69) is 4.90 Å². The first-order valence-electron chi connectivity index (χ1n) is 7.86. The molecule has 0 bridgehead atoms. The summed E-state index contributed by atoms with van der Waals surface area (Å²) < 4.78 is 10.9. The van der Waals surface area contributed by atoms with Crippen LogP contribution in [-0.2, 0) is 11.3 Å². The second kappa shape index (κ2) is 6.62. The first-order chi connectivity index (χ1) is 10.7. The van der Waals surface area contributed by atoms with Gasteiger partial charge in [-0.05, 0) is 24.5 Å². The molecule has 6 nitrogen and oxygen atoms in total. The van der Waals surface area contributed by atoms with Gasteiger partial charge in [-0.2, -0.15) is 0 Å². The van der Waals surface area contributed by atoms with Crippen molar-refractivity contribution >= 4 is 5.69 Å².